The molecular weight excluding hydrogens is 352 g/mol. The number of ether oxygens (including phenoxy) is 2. The Morgan fingerprint density at radius 2 is 1.54 bits per heavy atom. The first-order valence-corrected chi connectivity index (χ1v) is 10.2. The van der Waals surface area contributed by atoms with Gasteiger partial charge in [0.05, 0.1) is 30.3 Å². The topological polar surface area (TPSA) is 59.5 Å². The molecule has 28 heavy (non-hydrogen) atoms. The van der Waals surface area contributed by atoms with E-state index in [-0.39, 0.29) is 12.2 Å². The number of piperidine rings is 1. The zero-order chi connectivity index (χ0) is 19.9. The van der Waals surface area contributed by atoms with Crippen molar-refractivity contribution in [3.63, 3.8) is 0 Å². The first-order chi connectivity index (χ1) is 13.5. The van der Waals surface area contributed by atoms with Gasteiger partial charge in [0.1, 0.15) is 17.8 Å². The summed E-state index contributed by atoms with van der Waals surface area (Å²) >= 11 is 0. The van der Waals surface area contributed by atoms with E-state index in [0.717, 1.165) is 49.7 Å². The van der Waals surface area contributed by atoms with Crippen LogP contribution >= 0.6 is 0 Å². The fourth-order valence-electron chi connectivity index (χ4n) is 3.51. The molecule has 2 heterocycles. The van der Waals surface area contributed by atoms with Gasteiger partial charge in [0.25, 0.3) is 0 Å². The van der Waals surface area contributed by atoms with Gasteiger partial charge in [-0.3, -0.25) is 4.90 Å². The van der Waals surface area contributed by atoms with E-state index >= 15 is 0 Å². The molecule has 1 aliphatic heterocycles. The number of hydrogen-bond acceptors (Lipinski definition) is 6. The summed E-state index contributed by atoms with van der Waals surface area (Å²) < 4.78 is 11.9. The van der Waals surface area contributed by atoms with E-state index in [1.54, 1.807) is 6.33 Å². The molecule has 1 aliphatic rings. The third-order valence-electron chi connectivity index (χ3n) is 4.61. The Balaban J connectivity index is 1.58. The minimum Gasteiger partial charge on any atom is -0.491 e. The number of likely N-dealkylation sites (tertiary alicyclic amines) is 1. The van der Waals surface area contributed by atoms with Gasteiger partial charge in [-0.2, -0.15) is 0 Å². The lowest BCUT2D eigenvalue weighted by atomic mass is 10.0. The maximum absolute atomic E-state index is 5.93. The van der Waals surface area contributed by atoms with Crippen LogP contribution in [0.4, 0.5) is 5.69 Å². The van der Waals surface area contributed by atoms with Gasteiger partial charge in [-0.1, -0.05) is 0 Å². The average Bonchev–Trinajstić information content (AvgIpc) is 2.63. The molecule has 3 rings (SSSR count). The summed E-state index contributed by atoms with van der Waals surface area (Å²) in [5.41, 5.74) is 2.23. The molecule has 1 aromatic carbocycles. The first kappa shape index (κ1) is 20.4. The lowest BCUT2D eigenvalue weighted by Gasteiger charge is -2.33. The van der Waals surface area contributed by atoms with Crippen molar-refractivity contribution < 1.29 is 9.47 Å². The van der Waals surface area contributed by atoms with Crippen LogP contribution in [0.2, 0.25) is 0 Å². The third kappa shape index (κ3) is 6.37. The molecule has 1 N–H and O–H groups in total. The smallest absolute Gasteiger partial charge is 0.123 e. The highest BCUT2D eigenvalue weighted by molar-refractivity contribution is 5.39. The number of nitrogens with one attached hydrogen (secondary N) is 1. The maximum Gasteiger partial charge on any atom is 0.123 e. The maximum atomic E-state index is 5.93. The van der Waals surface area contributed by atoms with E-state index in [4.69, 9.17) is 9.47 Å². The number of aromatic nitrogens is 2. The second-order valence-corrected chi connectivity index (χ2v) is 7.97. The average molecular weight is 385 g/mol. The van der Waals surface area contributed by atoms with Gasteiger partial charge >= 0.3 is 0 Å². The zero-order valence-electron chi connectivity index (χ0n) is 17.4. The number of hydrogen-bond donors (Lipinski definition) is 1. The second-order valence-electron chi connectivity index (χ2n) is 7.97. The molecule has 0 unspecified atom stereocenters. The minimum atomic E-state index is 0.144. The summed E-state index contributed by atoms with van der Waals surface area (Å²) in [6, 6.07) is 6.73. The van der Waals surface area contributed by atoms with Gasteiger partial charge in [-0.05, 0) is 58.2 Å². The molecule has 0 amide bonds. The molecule has 0 radical (unpaired) electrons. The largest absolute Gasteiger partial charge is 0.491 e. The van der Waals surface area contributed by atoms with Crippen LogP contribution in [0, 0.1) is 0 Å². The van der Waals surface area contributed by atoms with Crippen LogP contribution in [0.3, 0.4) is 0 Å². The second kappa shape index (κ2) is 9.73. The predicted molar refractivity (Wildman–Crippen MR) is 112 cm³/mol. The monoisotopic (exact) mass is 384 g/mol. The Labute approximate surface area is 168 Å². The summed E-state index contributed by atoms with van der Waals surface area (Å²) in [7, 11) is 0. The van der Waals surface area contributed by atoms with Gasteiger partial charge in [0.15, 0.2) is 0 Å². The van der Waals surface area contributed by atoms with Crippen LogP contribution in [-0.4, -0.2) is 46.2 Å². The van der Waals surface area contributed by atoms with Crippen molar-refractivity contribution in [1.29, 1.82) is 0 Å². The number of rotatable bonds is 8. The first-order valence-electron chi connectivity index (χ1n) is 10.2. The van der Waals surface area contributed by atoms with Gasteiger partial charge in [-0.25, -0.2) is 9.97 Å². The zero-order valence-corrected chi connectivity index (χ0v) is 17.4. The van der Waals surface area contributed by atoms with Crippen molar-refractivity contribution >= 4 is 5.69 Å². The number of benzene rings is 1. The SMILES string of the molecule is CC(C)Oc1cc(CN2CCC(Nc3cncnc3)CC2)cc(OC(C)C)c1. The standard InChI is InChI=1S/C22H32N4O2/c1-16(2)27-21-9-18(10-22(11-21)28-17(3)4)14-26-7-5-19(6-8-26)25-20-12-23-15-24-13-20/h9-13,15-17,19,25H,5-8,14H2,1-4H3. The number of anilines is 1. The van der Waals surface area contributed by atoms with Gasteiger partial charge in [0, 0.05) is 31.7 Å². The quantitative estimate of drug-likeness (QED) is 0.738. The van der Waals surface area contributed by atoms with Crippen molar-refractivity contribution in [3.8, 4) is 11.5 Å². The van der Waals surface area contributed by atoms with Crippen molar-refractivity contribution in [3.05, 3.63) is 42.5 Å². The number of nitrogens with zero attached hydrogens (tertiary/aromatic N) is 3. The van der Waals surface area contributed by atoms with E-state index < -0.39 is 0 Å². The van der Waals surface area contributed by atoms with E-state index in [1.165, 1.54) is 5.56 Å². The summed E-state index contributed by atoms with van der Waals surface area (Å²) in [6.45, 7) is 11.2. The molecule has 0 bridgehead atoms. The molecule has 1 saturated heterocycles. The Morgan fingerprint density at radius 3 is 2.07 bits per heavy atom. The highest BCUT2D eigenvalue weighted by Gasteiger charge is 2.20. The molecule has 6 nitrogen and oxygen atoms in total. The molecule has 6 heteroatoms. The van der Waals surface area contributed by atoms with Crippen LogP contribution in [0.5, 0.6) is 11.5 Å². The van der Waals surface area contributed by atoms with E-state index in [9.17, 15) is 0 Å². The van der Waals surface area contributed by atoms with Crippen LogP contribution in [0.1, 0.15) is 46.1 Å². The van der Waals surface area contributed by atoms with Crippen LogP contribution in [0.15, 0.2) is 36.9 Å². The van der Waals surface area contributed by atoms with E-state index in [2.05, 4.69) is 32.3 Å². The molecule has 1 fully saturated rings. The Bertz CT molecular complexity index is 700. The summed E-state index contributed by atoms with van der Waals surface area (Å²) in [5.74, 6) is 1.76. The van der Waals surface area contributed by atoms with Crippen molar-refractivity contribution in [2.75, 3.05) is 18.4 Å². The summed E-state index contributed by atoms with van der Waals surface area (Å²) in [5, 5.41) is 3.53. The van der Waals surface area contributed by atoms with E-state index in [1.807, 2.05) is 46.2 Å². The van der Waals surface area contributed by atoms with Crippen LogP contribution < -0.4 is 14.8 Å². The Kier molecular flexibility index (Phi) is 7.09. The van der Waals surface area contributed by atoms with Crippen molar-refractivity contribution in [2.24, 2.45) is 0 Å². The van der Waals surface area contributed by atoms with Crippen LogP contribution in [0.25, 0.3) is 0 Å². The fourth-order valence-corrected chi connectivity index (χ4v) is 3.51. The summed E-state index contributed by atoms with van der Waals surface area (Å²) in [4.78, 5) is 10.6. The summed E-state index contributed by atoms with van der Waals surface area (Å²) in [6.07, 6.45) is 7.71. The predicted octanol–water partition coefficient (Wildman–Crippen LogP) is 4.13. The Morgan fingerprint density at radius 1 is 0.964 bits per heavy atom. The fraction of sp³-hybridized carbons (Fsp3) is 0.545. The lowest BCUT2D eigenvalue weighted by molar-refractivity contribution is 0.207. The molecule has 152 valence electrons. The molecule has 0 saturated carbocycles. The van der Waals surface area contributed by atoms with Crippen LogP contribution in [-0.2, 0) is 6.54 Å². The normalized spacial score (nSPS) is 15.8. The third-order valence-corrected chi connectivity index (χ3v) is 4.61. The lowest BCUT2D eigenvalue weighted by Crippen LogP contribution is -2.38. The van der Waals surface area contributed by atoms with E-state index in [0.29, 0.717) is 6.04 Å². The molecule has 0 spiro atoms. The van der Waals surface area contributed by atoms with Gasteiger partial charge < -0.3 is 14.8 Å². The molecule has 1 aromatic heterocycles. The molecule has 2 aromatic rings. The molecule has 0 aliphatic carbocycles. The van der Waals surface area contributed by atoms with Gasteiger partial charge in [0.2, 0.25) is 0 Å². The minimum absolute atomic E-state index is 0.144. The highest BCUT2D eigenvalue weighted by atomic mass is 16.5. The van der Waals surface area contributed by atoms with Crippen molar-refractivity contribution in [2.45, 2.75) is 65.3 Å². The van der Waals surface area contributed by atoms with Gasteiger partial charge in [-0.15, -0.1) is 0 Å². The Hall–Kier alpha value is -2.34. The molecular formula is C22H32N4O2. The van der Waals surface area contributed by atoms with Crippen molar-refractivity contribution in [1.82, 2.24) is 14.9 Å². The highest BCUT2D eigenvalue weighted by Crippen LogP contribution is 2.26. The molecule has 0 atom stereocenters.